The molecule has 0 spiro atoms. The van der Waals surface area contributed by atoms with Gasteiger partial charge in [0.1, 0.15) is 11.6 Å². The predicted octanol–water partition coefficient (Wildman–Crippen LogP) is 3.95. The maximum absolute atomic E-state index is 14.7. The maximum Gasteiger partial charge on any atom is 0.259 e. The van der Waals surface area contributed by atoms with Gasteiger partial charge in [0, 0.05) is 30.5 Å². The minimum atomic E-state index is -1.00. The fourth-order valence-corrected chi connectivity index (χ4v) is 4.13. The largest absolute Gasteiger partial charge is 0.485 e. The quantitative estimate of drug-likeness (QED) is 0.595. The fraction of sp³-hybridized carbons (Fsp3) is 0.318. The highest BCUT2D eigenvalue weighted by atomic mass is 32.1. The van der Waals surface area contributed by atoms with Crippen LogP contribution in [0.1, 0.15) is 19.4 Å². The van der Waals surface area contributed by atoms with E-state index in [-0.39, 0.29) is 22.9 Å². The molecule has 6 nitrogen and oxygen atoms in total. The first-order valence-electron chi connectivity index (χ1n) is 9.58. The van der Waals surface area contributed by atoms with Gasteiger partial charge in [0.25, 0.3) is 5.91 Å². The number of carbonyl (C=O) groups excluding carboxylic acids is 1. The molecular weight excluding hydrogens is 403 g/mol. The molecule has 2 heterocycles. The summed E-state index contributed by atoms with van der Waals surface area (Å²) in [6.07, 6.45) is -0.0339. The van der Waals surface area contributed by atoms with Crippen LogP contribution in [0.2, 0.25) is 0 Å². The van der Waals surface area contributed by atoms with Gasteiger partial charge in [-0.05, 0) is 62.8 Å². The lowest BCUT2D eigenvalue weighted by Crippen LogP contribution is -2.50. The van der Waals surface area contributed by atoms with E-state index in [1.54, 1.807) is 49.1 Å². The summed E-state index contributed by atoms with van der Waals surface area (Å²) < 4.78 is 20.3. The molecule has 0 unspecified atom stereocenters. The molecule has 2 aromatic carbocycles. The molecule has 30 heavy (non-hydrogen) atoms. The Hall–Kier alpha value is -3.02. The van der Waals surface area contributed by atoms with Crippen molar-refractivity contribution >= 4 is 40.3 Å². The van der Waals surface area contributed by atoms with Gasteiger partial charge in [-0.15, -0.1) is 0 Å². The smallest absolute Gasteiger partial charge is 0.259 e. The van der Waals surface area contributed by atoms with Gasteiger partial charge in [0.05, 0.1) is 6.57 Å². The van der Waals surface area contributed by atoms with Crippen molar-refractivity contribution < 1.29 is 13.9 Å². The third-order valence-electron chi connectivity index (χ3n) is 5.44. The van der Waals surface area contributed by atoms with Crippen LogP contribution in [-0.4, -0.2) is 35.8 Å². The second-order valence-corrected chi connectivity index (χ2v) is 8.28. The lowest BCUT2D eigenvalue weighted by molar-refractivity contribution is -0.120. The van der Waals surface area contributed by atoms with E-state index in [0.29, 0.717) is 30.2 Å². The van der Waals surface area contributed by atoms with E-state index in [1.165, 1.54) is 11.0 Å². The number of ether oxygens (including phenoxy) is 1. The fourth-order valence-electron chi connectivity index (χ4n) is 3.61. The van der Waals surface area contributed by atoms with Crippen molar-refractivity contribution in [3.8, 4) is 5.75 Å². The monoisotopic (exact) mass is 424 g/mol. The molecule has 0 bridgehead atoms. The number of aryl methyl sites for hydroxylation is 1. The van der Waals surface area contributed by atoms with Gasteiger partial charge in [0.15, 0.2) is 22.4 Å². The van der Waals surface area contributed by atoms with Crippen molar-refractivity contribution in [2.45, 2.75) is 32.4 Å². The van der Waals surface area contributed by atoms with E-state index in [2.05, 4.69) is 10.2 Å². The van der Waals surface area contributed by atoms with E-state index in [9.17, 15) is 9.18 Å². The third kappa shape index (κ3) is 3.20. The standard InChI is InChI=1S/C22H21FN4O2S/c1-13-9-14(5-7-18(13)24-4)26-20(28)22(2,3)27(21(26)30)15-6-8-19(17(23)10-15)29-16-11-25-12-16/h5-10,16,25H,11-12H2,1-3H3. The van der Waals surface area contributed by atoms with Crippen molar-refractivity contribution in [1.29, 1.82) is 0 Å². The summed E-state index contributed by atoms with van der Waals surface area (Å²) in [7, 11) is 0. The number of amides is 1. The molecule has 2 aliphatic rings. The van der Waals surface area contributed by atoms with Crippen LogP contribution >= 0.6 is 12.2 Å². The molecule has 1 amide bonds. The normalized spacial score (nSPS) is 18.4. The molecule has 0 aliphatic carbocycles. The summed E-state index contributed by atoms with van der Waals surface area (Å²) >= 11 is 5.64. The maximum atomic E-state index is 14.7. The van der Waals surface area contributed by atoms with Gasteiger partial charge in [-0.2, -0.15) is 0 Å². The zero-order valence-electron chi connectivity index (χ0n) is 16.9. The first kappa shape index (κ1) is 20.3. The van der Waals surface area contributed by atoms with E-state index in [0.717, 1.165) is 5.56 Å². The lowest BCUT2D eigenvalue weighted by atomic mass is 10.0. The van der Waals surface area contributed by atoms with Crippen LogP contribution in [0, 0.1) is 19.3 Å². The summed E-state index contributed by atoms with van der Waals surface area (Å²) in [6, 6.07) is 9.77. The van der Waals surface area contributed by atoms with Crippen molar-refractivity contribution in [1.82, 2.24) is 5.32 Å². The molecule has 2 saturated heterocycles. The Morgan fingerprint density at radius 3 is 2.50 bits per heavy atom. The highest BCUT2D eigenvalue weighted by molar-refractivity contribution is 7.81. The Labute approximate surface area is 180 Å². The van der Waals surface area contributed by atoms with Crippen LogP contribution in [-0.2, 0) is 4.79 Å². The van der Waals surface area contributed by atoms with Crippen LogP contribution in [0.25, 0.3) is 4.85 Å². The zero-order valence-corrected chi connectivity index (χ0v) is 17.7. The number of benzene rings is 2. The van der Waals surface area contributed by atoms with Crippen molar-refractivity contribution in [3.63, 3.8) is 0 Å². The number of nitrogens with zero attached hydrogens (tertiary/aromatic N) is 3. The third-order valence-corrected chi connectivity index (χ3v) is 5.80. The molecule has 2 aliphatic heterocycles. The summed E-state index contributed by atoms with van der Waals surface area (Å²) in [5.41, 5.74) is 1.34. The van der Waals surface area contributed by atoms with Gasteiger partial charge in [0.2, 0.25) is 0 Å². The molecule has 0 saturated carbocycles. The minimum Gasteiger partial charge on any atom is -0.485 e. The molecule has 0 atom stereocenters. The van der Waals surface area contributed by atoms with Crippen molar-refractivity contribution in [2.24, 2.45) is 0 Å². The number of hydrogen-bond donors (Lipinski definition) is 1. The van der Waals surface area contributed by atoms with E-state index in [1.807, 2.05) is 6.92 Å². The van der Waals surface area contributed by atoms with Gasteiger partial charge in [-0.1, -0.05) is 6.07 Å². The van der Waals surface area contributed by atoms with E-state index < -0.39 is 11.4 Å². The van der Waals surface area contributed by atoms with Crippen molar-refractivity contribution in [2.75, 3.05) is 22.9 Å². The van der Waals surface area contributed by atoms with Crippen LogP contribution in [0.5, 0.6) is 5.75 Å². The predicted molar refractivity (Wildman–Crippen MR) is 118 cm³/mol. The average molecular weight is 425 g/mol. The number of rotatable bonds is 4. The number of anilines is 2. The Balaban J connectivity index is 1.68. The highest BCUT2D eigenvalue weighted by Crippen LogP contribution is 2.38. The number of carbonyl (C=O) groups is 1. The molecule has 2 aromatic rings. The summed E-state index contributed by atoms with van der Waals surface area (Å²) in [5, 5.41) is 3.34. The number of halogens is 1. The highest BCUT2D eigenvalue weighted by Gasteiger charge is 2.50. The van der Waals surface area contributed by atoms with Gasteiger partial charge in [-0.3, -0.25) is 9.69 Å². The average Bonchev–Trinajstić information content (AvgIpc) is 2.83. The number of hydrogen-bond acceptors (Lipinski definition) is 4. The molecule has 154 valence electrons. The molecular formula is C22H21FN4O2S. The Kier molecular flexibility index (Phi) is 4.96. The molecule has 1 N–H and O–H groups in total. The molecule has 8 heteroatoms. The first-order chi connectivity index (χ1) is 14.2. The van der Waals surface area contributed by atoms with Gasteiger partial charge in [-0.25, -0.2) is 9.24 Å². The summed E-state index contributed by atoms with van der Waals surface area (Å²) in [4.78, 5) is 19.8. The number of thiocarbonyl (C=S) groups is 1. The zero-order chi connectivity index (χ0) is 21.6. The van der Waals surface area contributed by atoms with Crippen LogP contribution in [0.4, 0.5) is 21.5 Å². The molecule has 2 fully saturated rings. The lowest BCUT2D eigenvalue weighted by Gasteiger charge is -2.30. The minimum absolute atomic E-state index is 0.0339. The summed E-state index contributed by atoms with van der Waals surface area (Å²) in [5.74, 6) is -0.536. The van der Waals surface area contributed by atoms with Gasteiger partial charge >= 0.3 is 0 Å². The molecule has 4 rings (SSSR count). The first-order valence-corrected chi connectivity index (χ1v) is 9.98. The molecule has 0 aromatic heterocycles. The topological polar surface area (TPSA) is 49.2 Å². The summed E-state index contributed by atoms with van der Waals surface area (Å²) in [6.45, 7) is 13.9. The van der Waals surface area contributed by atoms with E-state index >= 15 is 0 Å². The second-order valence-electron chi connectivity index (χ2n) is 7.91. The molecule has 0 radical (unpaired) electrons. The van der Waals surface area contributed by atoms with Gasteiger partial charge < -0.3 is 15.0 Å². The van der Waals surface area contributed by atoms with Crippen LogP contribution in [0.3, 0.4) is 0 Å². The number of nitrogens with one attached hydrogen (secondary N) is 1. The van der Waals surface area contributed by atoms with Crippen LogP contribution < -0.4 is 19.9 Å². The van der Waals surface area contributed by atoms with Crippen LogP contribution in [0.15, 0.2) is 36.4 Å². The Morgan fingerprint density at radius 1 is 1.23 bits per heavy atom. The second kappa shape index (κ2) is 7.35. The Morgan fingerprint density at radius 2 is 1.93 bits per heavy atom. The Bertz CT molecular complexity index is 1090. The van der Waals surface area contributed by atoms with E-state index in [4.69, 9.17) is 23.5 Å². The van der Waals surface area contributed by atoms with Crippen molar-refractivity contribution in [3.05, 3.63) is 59.2 Å². The SMILES string of the molecule is [C-]#[N+]c1ccc(N2C(=O)C(C)(C)N(c3ccc(OC4CNC4)c(F)c3)C2=S)cc1C.